The average molecular weight is 336 g/mol. The third-order valence-corrected chi connectivity index (χ3v) is 5.92. The number of aromatic nitrogens is 1. The number of pyridine rings is 1. The van der Waals surface area contributed by atoms with Gasteiger partial charge in [-0.3, -0.25) is 4.98 Å². The van der Waals surface area contributed by atoms with Gasteiger partial charge >= 0.3 is 0 Å². The molecule has 2 unspecified atom stereocenters. The number of hydrogen-bond donors (Lipinski definition) is 0. The van der Waals surface area contributed by atoms with Crippen molar-refractivity contribution in [1.82, 2.24) is 4.98 Å². The van der Waals surface area contributed by atoms with E-state index in [-0.39, 0.29) is 0 Å². The molecule has 3 rings (SSSR count). The third-order valence-electron chi connectivity index (χ3n) is 5.92. The summed E-state index contributed by atoms with van der Waals surface area (Å²) in [7, 11) is 0. The number of hydrogen-bond acceptors (Lipinski definition) is 1. The lowest BCUT2D eigenvalue weighted by molar-refractivity contribution is 0.250. The quantitative estimate of drug-likeness (QED) is 0.539. The Kier molecular flexibility index (Phi) is 6.67. The van der Waals surface area contributed by atoms with Gasteiger partial charge in [-0.15, -0.1) is 0 Å². The second-order valence-corrected chi connectivity index (χ2v) is 7.84. The molecule has 0 amide bonds. The van der Waals surface area contributed by atoms with Gasteiger partial charge in [-0.2, -0.15) is 0 Å². The molecule has 1 aliphatic carbocycles. The van der Waals surface area contributed by atoms with Crippen LogP contribution in [-0.2, 0) is 12.8 Å². The molecule has 1 saturated carbocycles. The molecular weight excluding hydrogens is 302 g/mol. The van der Waals surface area contributed by atoms with Crippen LogP contribution in [0.25, 0.3) is 11.3 Å². The molecule has 0 spiro atoms. The van der Waals surface area contributed by atoms with Crippen LogP contribution < -0.4 is 0 Å². The van der Waals surface area contributed by atoms with Crippen molar-refractivity contribution in [1.29, 1.82) is 0 Å². The molecule has 1 aromatic carbocycles. The summed E-state index contributed by atoms with van der Waals surface area (Å²) in [6.07, 6.45) is 14.1. The van der Waals surface area contributed by atoms with Crippen molar-refractivity contribution in [2.45, 2.75) is 71.6 Å². The van der Waals surface area contributed by atoms with Gasteiger partial charge in [0.25, 0.3) is 0 Å². The summed E-state index contributed by atoms with van der Waals surface area (Å²) in [5, 5.41) is 0. The van der Waals surface area contributed by atoms with Gasteiger partial charge in [0, 0.05) is 11.8 Å². The monoisotopic (exact) mass is 335 g/mol. The fraction of sp³-hybridized carbons (Fsp3) is 0.542. The Bertz CT molecular complexity index is 626. The zero-order valence-corrected chi connectivity index (χ0v) is 16.0. The molecule has 1 nitrogen and oxygen atoms in total. The summed E-state index contributed by atoms with van der Waals surface area (Å²) >= 11 is 0. The van der Waals surface area contributed by atoms with E-state index in [0.717, 1.165) is 24.0 Å². The maximum absolute atomic E-state index is 4.63. The lowest BCUT2D eigenvalue weighted by atomic mass is 9.78. The first-order valence-corrected chi connectivity index (χ1v) is 10.3. The van der Waals surface area contributed by atoms with Gasteiger partial charge in [0.2, 0.25) is 0 Å². The Morgan fingerprint density at radius 1 is 0.880 bits per heavy atom. The molecule has 1 heteroatoms. The van der Waals surface area contributed by atoms with Gasteiger partial charge < -0.3 is 0 Å². The highest BCUT2D eigenvalue weighted by molar-refractivity contribution is 5.59. The van der Waals surface area contributed by atoms with Crippen molar-refractivity contribution in [3.63, 3.8) is 0 Å². The van der Waals surface area contributed by atoms with Crippen LogP contribution in [0.2, 0.25) is 0 Å². The van der Waals surface area contributed by atoms with Crippen LogP contribution in [0.4, 0.5) is 0 Å². The molecule has 0 N–H and O–H groups in total. The van der Waals surface area contributed by atoms with Crippen LogP contribution in [0.5, 0.6) is 0 Å². The van der Waals surface area contributed by atoms with Crippen LogP contribution in [0, 0.1) is 11.8 Å². The predicted molar refractivity (Wildman–Crippen MR) is 108 cm³/mol. The van der Waals surface area contributed by atoms with E-state index in [9.17, 15) is 0 Å². The molecule has 1 aliphatic rings. The van der Waals surface area contributed by atoms with Crippen molar-refractivity contribution in [3.8, 4) is 11.3 Å². The maximum Gasteiger partial charge on any atom is 0.0702 e. The Hall–Kier alpha value is -1.63. The lowest BCUT2D eigenvalue weighted by Gasteiger charge is -2.28. The minimum Gasteiger partial charge on any atom is -0.256 e. The summed E-state index contributed by atoms with van der Waals surface area (Å²) in [6, 6.07) is 13.5. The van der Waals surface area contributed by atoms with Crippen LogP contribution in [0.1, 0.15) is 69.9 Å². The van der Waals surface area contributed by atoms with Crippen LogP contribution in [0.15, 0.2) is 42.6 Å². The number of rotatable bonds is 7. The molecule has 1 fully saturated rings. The summed E-state index contributed by atoms with van der Waals surface area (Å²) in [5.41, 5.74) is 5.13. The first-order chi connectivity index (χ1) is 12.3. The minimum atomic E-state index is 0.950. The molecule has 0 aliphatic heterocycles. The normalized spacial score (nSPS) is 20.6. The highest BCUT2D eigenvalue weighted by Gasteiger charge is 2.20. The largest absolute Gasteiger partial charge is 0.256 e. The molecule has 0 saturated heterocycles. The van der Waals surface area contributed by atoms with Crippen molar-refractivity contribution >= 4 is 0 Å². The Balaban J connectivity index is 1.55. The lowest BCUT2D eigenvalue weighted by Crippen LogP contribution is -2.15. The van der Waals surface area contributed by atoms with Crippen LogP contribution in [0.3, 0.4) is 0 Å². The number of nitrogens with zero attached hydrogens (tertiary/aromatic N) is 1. The molecule has 25 heavy (non-hydrogen) atoms. The van der Waals surface area contributed by atoms with E-state index >= 15 is 0 Å². The van der Waals surface area contributed by atoms with Crippen molar-refractivity contribution < 1.29 is 0 Å². The summed E-state index contributed by atoms with van der Waals surface area (Å²) in [4.78, 5) is 4.63. The Labute approximate surface area is 153 Å². The molecular formula is C24H33N. The molecule has 1 aromatic heterocycles. The third kappa shape index (κ3) is 5.17. The Morgan fingerprint density at radius 2 is 1.64 bits per heavy atom. The van der Waals surface area contributed by atoms with E-state index in [0.29, 0.717) is 0 Å². The Morgan fingerprint density at radius 3 is 2.32 bits per heavy atom. The molecule has 0 bridgehead atoms. The van der Waals surface area contributed by atoms with Gasteiger partial charge in [-0.25, -0.2) is 0 Å². The van der Waals surface area contributed by atoms with Gasteiger partial charge in [0.15, 0.2) is 0 Å². The molecule has 0 radical (unpaired) electrons. The van der Waals surface area contributed by atoms with E-state index < -0.39 is 0 Å². The topological polar surface area (TPSA) is 12.9 Å². The first kappa shape index (κ1) is 18.2. The van der Waals surface area contributed by atoms with E-state index in [2.05, 4.69) is 55.2 Å². The second kappa shape index (κ2) is 9.17. The summed E-state index contributed by atoms with van der Waals surface area (Å²) in [6.45, 7) is 4.57. The van der Waals surface area contributed by atoms with Crippen molar-refractivity contribution in [3.05, 3.63) is 53.7 Å². The predicted octanol–water partition coefficient (Wildman–Crippen LogP) is 6.85. The van der Waals surface area contributed by atoms with E-state index in [1.807, 2.05) is 6.20 Å². The van der Waals surface area contributed by atoms with Gasteiger partial charge in [-0.1, -0.05) is 76.3 Å². The highest BCUT2D eigenvalue weighted by atomic mass is 14.7. The zero-order chi connectivity index (χ0) is 17.5. The number of benzene rings is 1. The molecule has 2 atom stereocenters. The average Bonchev–Trinajstić information content (AvgIpc) is 2.68. The van der Waals surface area contributed by atoms with Gasteiger partial charge in [0.1, 0.15) is 0 Å². The first-order valence-electron chi connectivity index (χ1n) is 10.3. The number of aryl methyl sites for hydroxylation is 2. The van der Waals surface area contributed by atoms with Crippen molar-refractivity contribution in [2.24, 2.45) is 11.8 Å². The summed E-state index contributed by atoms with van der Waals surface area (Å²) < 4.78 is 0. The highest BCUT2D eigenvalue weighted by Crippen LogP contribution is 2.33. The standard InChI is InChI=1S/C24H33N/c1-3-6-22-13-16-24(25-18-22)23-14-11-20(12-15-23)9-10-21-8-5-7-19(4-2)17-21/h11-16,18-19,21H,3-10,17H2,1-2H3. The van der Waals surface area contributed by atoms with E-state index in [1.54, 1.807) is 0 Å². The second-order valence-electron chi connectivity index (χ2n) is 7.84. The fourth-order valence-electron chi connectivity index (χ4n) is 4.28. The van der Waals surface area contributed by atoms with Gasteiger partial charge in [0.05, 0.1) is 5.69 Å². The van der Waals surface area contributed by atoms with Crippen LogP contribution in [-0.4, -0.2) is 4.98 Å². The van der Waals surface area contributed by atoms with Gasteiger partial charge in [-0.05, 0) is 54.7 Å². The van der Waals surface area contributed by atoms with E-state index in [1.165, 1.54) is 68.1 Å². The van der Waals surface area contributed by atoms with E-state index in [4.69, 9.17) is 0 Å². The fourth-order valence-corrected chi connectivity index (χ4v) is 4.28. The zero-order valence-electron chi connectivity index (χ0n) is 16.0. The molecule has 1 heterocycles. The molecule has 134 valence electrons. The smallest absolute Gasteiger partial charge is 0.0702 e. The summed E-state index contributed by atoms with van der Waals surface area (Å²) in [5.74, 6) is 1.94. The SMILES string of the molecule is CCCc1ccc(-c2ccc(CCC3CCCC(CC)C3)cc2)nc1. The maximum atomic E-state index is 4.63. The van der Waals surface area contributed by atoms with Crippen molar-refractivity contribution in [2.75, 3.05) is 0 Å². The van der Waals surface area contributed by atoms with Crippen LogP contribution >= 0.6 is 0 Å². The minimum absolute atomic E-state index is 0.950. The molecule has 2 aromatic rings.